The second-order valence-electron chi connectivity index (χ2n) is 4.72. The van der Waals surface area contributed by atoms with Crippen LogP contribution in [-0.4, -0.2) is 26.2 Å². The van der Waals surface area contributed by atoms with Crippen LogP contribution in [0.3, 0.4) is 0 Å². The van der Waals surface area contributed by atoms with Crippen molar-refractivity contribution in [1.82, 2.24) is 0 Å². The van der Waals surface area contributed by atoms with E-state index in [1.165, 1.54) is 14.2 Å². The Morgan fingerprint density at radius 3 is 1.14 bits per heavy atom. The fourth-order valence-electron chi connectivity index (χ4n) is 1.61. The van der Waals surface area contributed by atoms with E-state index in [9.17, 15) is 9.59 Å². The van der Waals surface area contributed by atoms with Gasteiger partial charge >= 0.3 is 11.9 Å². The molecule has 0 bridgehead atoms. The lowest BCUT2D eigenvalue weighted by atomic mass is 10.2. The number of methoxy groups -OCH3 is 2. The topological polar surface area (TPSA) is 52.6 Å². The number of hydrogen-bond donors (Lipinski definition) is 0. The van der Waals surface area contributed by atoms with Crippen LogP contribution >= 0.6 is 0 Å². The average molecular weight is 300 g/mol. The Hall–Kier alpha value is -2.62. The second kappa shape index (κ2) is 8.62. The monoisotopic (exact) mass is 300 g/mol. The summed E-state index contributed by atoms with van der Waals surface area (Å²) in [5.74, 6) is -0.574. The van der Waals surface area contributed by atoms with Crippen LogP contribution in [0, 0.1) is 13.8 Å². The number of carbonyl (C=O) groups excluding carboxylic acids is 2. The number of esters is 2. The summed E-state index contributed by atoms with van der Waals surface area (Å²) in [7, 11) is 2.75. The van der Waals surface area contributed by atoms with Crippen LogP contribution in [-0.2, 0) is 9.47 Å². The summed E-state index contributed by atoms with van der Waals surface area (Å²) in [5, 5.41) is 0. The summed E-state index contributed by atoms with van der Waals surface area (Å²) in [6.07, 6.45) is 0. The van der Waals surface area contributed by atoms with E-state index in [1.807, 2.05) is 38.1 Å². The third-order valence-corrected chi connectivity index (χ3v) is 2.95. The summed E-state index contributed by atoms with van der Waals surface area (Å²) in [4.78, 5) is 21.8. The third kappa shape index (κ3) is 5.40. The molecule has 0 saturated heterocycles. The Bertz CT molecular complexity index is 555. The lowest BCUT2D eigenvalue weighted by Gasteiger charge is -1.97. The van der Waals surface area contributed by atoms with Gasteiger partial charge in [-0.2, -0.15) is 0 Å². The van der Waals surface area contributed by atoms with Crippen molar-refractivity contribution in [3.63, 3.8) is 0 Å². The first-order valence-corrected chi connectivity index (χ1v) is 6.78. The molecule has 116 valence electrons. The second-order valence-corrected chi connectivity index (χ2v) is 4.72. The van der Waals surface area contributed by atoms with Gasteiger partial charge in [-0.05, 0) is 38.1 Å². The SMILES string of the molecule is COC(=O)c1ccc(C)cc1.COC(=O)c1ccc(C)cc1. The molecule has 2 rings (SSSR count). The predicted molar refractivity (Wildman–Crippen MR) is 85.0 cm³/mol. The van der Waals surface area contributed by atoms with Crippen LogP contribution < -0.4 is 0 Å². The standard InChI is InChI=1S/2C9H10O2/c2*1-7-3-5-8(6-4-7)9(10)11-2/h2*3-6H,1-2H3. The molecule has 0 aliphatic carbocycles. The molecule has 0 N–H and O–H groups in total. The molecule has 22 heavy (non-hydrogen) atoms. The van der Waals surface area contributed by atoms with E-state index in [0.717, 1.165) is 11.1 Å². The zero-order chi connectivity index (χ0) is 16.5. The molecule has 0 saturated carbocycles. The number of ether oxygens (including phenoxy) is 2. The van der Waals surface area contributed by atoms with E-state index in [1.54, 1.807) is 24.3 Å². The van der Waals surface area contributed by atoms with Crippen molar-refractivity contribution in [1.29, 1.82) is 0 Å². The fraction of sp³-hybridized carbons (Fsp3) is 0.222. The van der Waals surface area contributed by atoms with Gasteiger partial charge in [-0.1, -0.05) is 35.4 Å². The van der Waals surface area contributed by atoms with Crippen LogP contribution in [0.5, 0.6) is 0 Å². The van der Waals surface area contributed by atoms with Gasteiger partial charge in [-0.3, -0.25) is 0 Å². The minimum atomic E-state index is -0.287. The van der Waals surface area contributed by atoms with Crippen LogP contribution in [0.25, 0.3) is 0 Å². The number of rotatable bonds is 2. The van der Waals surface area contributed by atoms with Gasteiger partial charge in [0.25, 0.3) is 0 Å². The van der Waals surface area contributed by atoms with Crippen molar-refractivity contribution < 1.29 is 19.1 Å². The molecule has 0 heterocycles. The summed E-state index contributed by atoms with van der Waals surface area (Å²) < 4.78 is 9.07. The van der Waals surface area contributed by atoms with E-state index in [4.69, 9.17) is 0 Å². The molecule has 0 unspecified atom stereocenters. The molecule has 0 aliphatic heterocycles. The number of hydrogen-bond acceptors (Lipinski definition) is 4. The first-order chi connectivity index (χ1) is 10.5. The lowest BCUT2D eigenvalue weighted by molar-refractivity contribution is 0.0592. The van der Waals surface area contributed by atoms with Crippen molar-refractivity contribution in [2.45, 2.75) is 13.8 Å². The molecule has 2 aromatic carbocycles. The molecular formula is C18H20O4. The Morgan fingerprint density at radius 1 is 0.636 bits per heavy atom. The highest BCUT2D eigenvalue weighted by molar-refractivity contribution is 5.89. The maximum atomic E-state index is 10.9. The van der Waals surface area contributed by atoms with Gasteiger partial charge in [0.05, 0.1) is 25.3 Å². The van der Waals surface area contributed by atoms with Crippen LogP contribution in [0.1, 0.15) is 31.8 Å². The van der Waals surface area contributed by atoms with Gasteiger partial charge in [-0.25, -0.2) is 9.59 Å². The molecule has 0 spiro atoms. The summed E-state index contributed by atoms with van der Waals surface area (Å²) in [6.45, 7) is 3.95. The summed E-state index contributed by atoms with van der Waals surface area (Å²) >= 11 is 0. The third-order valence-electron chi connectivity index (χ3n) is 2.95. The zero-order valence-corrected chi connectivity index (χ0v) is 13.3. The first kappa shape index (κ1) is 17.4. The Labute approximate surface area is 130 Å². The highest BCUT2D eigenvalue weighted by Gasteiger charge is 2.02. The Morgan fingerprint density at radius 2 is 0.909 bits per heavy atom. The van der Waals surface area contributed by atoms with Crippen LogP contribution in [0.2, 0.25) is 0 Å². The van der Waals surface area contributed by atoms with Crippen LogP contribution in [0.4, 0.5) is 0 Å². The molecule has 0 amide bonds. The van der Waals surface area contributed by atoms with Crippen LogP contribution in [0.15, 0.2) is 48.5 Å². The first-order valence-electron chi connectivity index (χ1n) is 6.78. The van der Waals surface area contributed by atoms with E-state index in [-0.39, 0.29) is 11.9 Å². The van der Waals surface area contributed by atoms with Gasteiger partial charge in [0, 0.05) is 0 Å². The van der Waals surface area contributed by atoms with Gasteiger partial charge in [-0.15, -0.1) is 0 Å². The van der Waals surface area contributed by atoms with E-state index < -0.39 is 0 Å². The van der Waals surface area contributed by atoms with E-state index in [0.29, 0.717) is 11.1 Å². The quantitative estimate of drug-likeness (QED) is 0.796. The van der Waals surface area contributed by atoms with Crippen molar-refractivity contribution in [2.75, 3.05) is 14.2 Å². The number of benzene rings is 2. The summed E-state index contributed by atoms with van der Waals surface area (Å²) in [6, 6.07) is 14.5. The average Bonchev–Trinajstić information content (AvgIpc) is 2.55. The molecule has 0 fully saturated rings. The molecule has 2 aromatic rings. The van der Waals surface area contributed by atoms with E-state index in [2.05, 4.69) is 9.47 Å². The fourth-order valence-corrected chi connectivity index (χ4v) is 1.61. The molecule has 4 heteroatoms. The largest absolute Gasteiger partial charge is 0.465 e. The van der Waals surface area contributed by atoms with E-state index >= 15 is 0 Å². The Balaban J connectivity index is 0.000000220. The van der Waals surface area contributed by atoms with Crippen molar-refractivity contribution in [2.24, 2.45) is 0 Å². The molecule has 0 aliphatic rings. The number of aryl methyl sites for hydroxylation is 2. The molecule has 4 nitrogen and oxygen atoms in total. The normalized spacial score (nSPS) is 9.27. The highest BCUT2D eigenvalue weighted by Crippen LogP contribution is 2.04. The zero-order valence-electron chi connectivity index (χ0n) is 13.3. The molecule has 0 aromatic heterocycles. The van der Waals surface area contributed by atoms with Crippen molar-refractivity contribution >= 4 is 11.9 Å². The minimum Gasteiger partial charge on any atom is -0.465 e. The minimum absolute atomic E-state index is 0.287. The smallest absolute Gasteiger partial charge is 0.337 e. The van der Waals surface area contributed by atoms with Crippen molar-refractivity contribution in [3.8, 4) is 0 Å². The predicted octanol–water partition coefficient (Wildman–Crippen LogP) is 3.56. The Kier molecular flexibility index (Phi) is 6.83. The van der Waals surface area contributed by atoms with Crippen molar-refractivity contribution in [3.05, 3.63) is 70.8 Å². The maximum Gasteiger partial charge on any atom is 0.337 e. The lowest BCUT2D eigenvalue weighted by Crippen LogP contribution is -2.00. The molecule has 0 atom stereocenters. The van der Waals surface area contributed by atoms with Gasteiger partial charge < -0.3 is 9.47 Å². The number of carbonyl (C=O) groups is 2. The van der Waals surface area contributed by atoms with Gasteiger partial charge in [0.1, 0.15) is 0 Å². The highest BCUT2D eigenvalue weighted by atomic mass is 16.5. The summed E-state index contributed by atoms with van der Waals surface area (Å²) in [5.41, 5.74) is 3.46. The van der Waals surface area contributed by atoms with Gasteiger partial charge in [0.15, 0.2) is 0 Å². The van der Waals surface area contributed by atoms with Gasteiger partial charge in [0.2, 0.25) is 0 Å². The molecule has 0 radical (unpaired) electrons. The maximum absolute atomic E-state index is 10.9. The molecular weight excluding hydrogens is 280 g/mol.